The van der Waals surface area contributed by atoms with Gasteiger partial charge in [0.2, 0.25) is 0 Å². The van der Waals surface area contributed by atoms with Crippen LogP contribution in [0.2, 0.25) is 0 Å². The molecule has 0 aliphatic heterocycles. The van der Waals surface area contributed by atoms with Crippen molar-refractivity contribution in [2.45, 2.75) is 6.92 Å². The lowest BCUT2D eigenvalue weighted by Crippen LogP contribution is -2.30. The Morgan fingerprint density at radius 3 is 2.32 bits per heavy atom. The molecule has 0 bridgehead atoms. The molecule has 0 aliphatic carbocycles. The number of halogens is 1. The van der Waals surface area contributed by atoms with E-state index in [-0.39, 0.29) is 11.8 Å². The molecule has 2 rings (SSSR count). The molecule has 0 saturated carbocycles. The number of aliphatic imine (C=N–C) groups is 1. The van der Waals surface area contributed by atoms with Crippen LogP contribution in [0.5, 0.6) is 0 Å². The van der Waals surface area contributed by atoms with Gasteiger partial charge in [0.1, 0.15) is 5.84 Å². The van der Waals surface area contributed by atoms with Gasteiger partial charge in [-0.1, -0.05) is 18.2 Å². The van der Waals surface area contributed by atoms with Crippen molar-refractivity contribution in [1.82, 2.24) is 0 Å². The van der Waals surface area contributed by atoms with Crippen LogP contribution in [0.4, 0.5) is 11.4 Å². The molecule has 0 radical (unpaired) electrons. The average molecular weight is 316 g/mol. The second kappa shape index (κ2) is 7.61. The van der Waals surface area contributed by atoms with E-state index >= 15 is 0 Å². The fourth-order valence-electron chi connectivity index (χ4n) is 2.08. The van der Waals surface area contributed by atoms with Gasteiger partial charge in [-0.3, -0.25) is 4.79 Å². The molecule has 2 N–H and O–H groups in total. The number of alkyl halides is 1. The van der Waals surface area contributed by atoms with Crippen molar-refractivity contribution in [1.29, 1.82) is 0 Å². The third-order valence-electron chi connectivity index (χ3n) is 3.15. The number of amides is 1. The largest absolute Gasteiger partial charge is 0.386 e. The van der Waals surface area contributed by atoms with E-state index in [0.29, 0.717) is 23.6 Å². The fourth-order valence-corrected chi connectivity index (χ4v) is 2.14. The quantitative estimate of drug-likeness (QED) is 0.521. The number of carbonyl (C=O) groups excluding carboxylic acids is 1. The van der Waals surface area contributed by atoms with Crippen LogP contribution in [-0.4, -0.2) is 24.2 Å². The number of hydrogen-bond acceptors (Lipinski definition) is 2. The van der Waals surface area contributed by atoms with Crippen LogP contribution >= 0.6 is 11.6 Å². The van der Waals surface area contributed by atoms with Gasteiger partial charge in [-0.05, 0) is 43.3 Å². The van der Waals surface area contributed by atoms with Crippen LogP contribution in [0.3, 0.4) is 0 Å². The van der Waals surface area contributed by atoms with Gasteiger partial charge in [-0.2, -0.15) is 0 Å². The Hall–Kier alpha value is -2.33. The average Bonchev–Trinajstić information content (AvgIpc) is 2.57. The van der Waals surface area contributed by atoms with Gasteiger partial charge in [-0.15, -0.1) is 11.6 Å². The summed E-state index contributed by atoms with van der Waals surface area (Å²) >= 11 is 5.60. The normalized spacial score (nSPS) is 11.3. The number of para-hydroxylation sites is 1. The zero-order valence-electron chi connectivity index (χ0n) is 12.4. The first-order valence-corrected chi connectivity index (χ1v) is 7.55. The highest BCUT2D eigenvalue weighted by Gasteiger charge is 2.15. The second-order valence-electron chi connectivity index (χ2n) is 4.67. The molecule has 22 heavy (non-hydrogen) atoms. The fraction of sp³-hybridized carbons (Fsp3) is 0.176. The van der Waals surface area contributed by atoms with E-state index in [1.54, 1.807) is 29.2 Å². The van der Waals surface area contributed by atoms with Crippen molar-refractivity contribution < 1.29 is 4.79 Å². The third-order valence-corrected chi connectivity index (χ3v) is 3.43. The highest BCUT2D eigenvalue weighted by atomic mass is 35.5. The summed E-state index contributed by atoms with van der Waals surface area (Å²) in [6.07, 6.45) is 0. The molecule has 2 aromatic rings. The van der Waals surface area contributed by atoms with Crippen molar-refractivity contribution >= 4 is 34.7 Å². The van der Waals surface area contributed by atoms with Crippen LogP contribution in [0.25, 0.3) is 0 Å². The van der Waals surface area contributed by atoms with E-state index in [0.717, 1.165) is 5.69 Å². The molecule has 0 aromatic heterocycles. The minimum Gasteiger partial charge on any atom is -0.386 e. The van der Waals surface area contributed by atoms with Crippen molar-refractivity contribution in [2.24, 2.45) is 10.7 Å². The van der Waals surface area contributed by atoms with Gasteiger partial charge in [0.25, 0.3) is 5.91 Å². The molecule has 0 unspecified atom stereocenters. The second-order valence-corrected chi connectivity index (χ2v) is 4.94. The Balaban J connectivity index is 2.22. The maximum Gasteiger partial charge on any atom is 0.258 e. The number of benzene rings is 2. The van der Waals surface area contributed by atoms with E-state index in [4.69, 9.17) is 17.3 Å². The predicted octanol–water partition coefficient (Wildman–Crippen LogP) is 3.58. The lowest BCUT2D eigenvalue weighted by molar-refractivity contribution is 0.0988. The minimum atomic E-state index is -0.0467. The molecule has 0 fully saturated rings. The lowest BCUT2D eigenvalue weighted by Gasteiger charge is -2.21. The SMILES string of the molecule is CCN(C(=O)c1ccc(N=C(N)CCl)cc1)c1ccccc1. The molecule has 0 heterocycles. The Morgan fingerprint density at radius 1 is 1.14 bits per heavy atom. The van der Waals surface area contributed by atoms with E-state index in [2.05, 4.69) is 4.99 Å². The maximum atomic E-state index is 12.6. The predicted molar refractivity (Wildman–Crippen MR) is 92.2 cm³/mol. The summed E-state index contributed by atoms with van der Waals surface area (Å²) in [7, 11) is 0. The smallest absolute Gasteiger partial charge is 0.258 e. The van der Waals surface area contributed by atoms with E-state index in [1.807, 2.05) is 37.3 Å². The Labute approximate surface area is 135 Å². The Bertz CT molecular complexity index is 653. The molecule has 0 spiro atoms. The van der Waals surface area contributed by atoms with Gasteiger partial charge in [0.05, 0.1) is 11.6 Å². The van der Waals surface area contributed by atoms with Crippen LogP contribution in [0.1, 0.15) is 17.3 Å². The number of rotatable bonds is 5. The van der Waals surface area contributed by atoms with Crippen molar-refractivity contribution in [3.63, 3.8) is 0 Å². The van der Waals surface area contributed by atoms with Crippen molar-refractivity contribution in [3.05, 3.63) is 60.2 Å². The molecular formula is C17H18ClN3O. The zero-order chi connectivity index (χ0) is 15.9. The number of hydrogen-bond donors (Lipinski definition) is 1. The van der Waals surface area contributed by atoms with Crippen LogP contribution in [-0.2, 0) is 0 Å². The van der Waals surface area contributed by atoms with Gasteiger partial charge in [0.15, 0.2) is 0 Å². The zero-order valence-corrected chi connectivity index (χ0v) is 13.1. The van der Waals surface area contributed by atoms with Crippen molar-refractivity contribution in [2.75, 3.05) is 17.3 Å². The monoisotopic (exact) mass is 315 g/mol. The number of amidine groups is 1. The van der Waals surface area contributed by atoms with E-state index in [1.165, 1.54) is 0 Å². The number of anilines is 1. The Kier molecular flexibility index (Phi) is 5.55. The number of nitrogens with two attached hydrogens (primary N) is 1. The molecule has 114 valence electrons. The van der Waals surface area contributed by atoms with Crippen LogP contribution in [0.15, 0.2) is 59.6 Å². The number of carbonyl (C=O) groups is 1. The van der Waals surface area contributed by atoms with Crippen molar-refractivity contribution in [3.8, 4) is 0 Å². The number of nitrogens with zero attached hydrogens (tertiary/aromatic N) is 2. The van der Waals surface area contributed by atoms with E-state index < -0.39 is 0 Å². The topological polar surface area (TPSA) is 58.7 Å². The molecule has 2 aromatic carbocycles. The van der Waals surface area contributed by atoms with Gasteiger partial charge >= 0.3 is 0 Å². The molecule has 0 aliphatic rings. The van der Waals surface area contributed by atoms with Gasteiger partial charge in [-0.25, -0.2) is 4.99 Å². The highest BCUT2D eigenvalue weighted by Crippen LogP contribution is 2.19. The summed E-state index contributed by atoms with van der Waals surface area (Å²) in [5.74, 6) is 0.480. The molecule has 0 saturated heterocycles. The van der Waals surface area contributed by atoms with Crippen LogP contribution < -0.4 is 10.6 Å². The Morgan fingerprint density at radius 2 is 1.77 bits per heavy atom. The molecule has 5 heteroatoms. The summed E-state index contributed by atoms with van der Waals surface area (Å²) in [5, 5.41) is 0. The molecular weight excluding hydrogens is 298 g/mol. The highest BCUT2D eigenvalue weighted by molar-refractivity contribution is 6.28. The van der Waals surface area contributed by atoms with E-state index in [9.17, 15) is 4.79 Å². The van der Waals surface area contributed by atoms with Crippen LogP contribution in [0, 0.1) is 0 Å². The van der Waals surface area contributed by atoms with Gasteiger partial charge < -0.3 is 10.6 Å². The first-order valence-electron chi connectivity index (χ1n) is 7.01. The third kappa shape index (κ3) is 3.86. The minimum absolute atomic E-state index is 0.0467. The summed E-state index contributed by atoms with van der Waals surface area (Å²) in [6.45, 7) is 2.55. The van der Waals surface area contributed by atoms with Gasteiger partial charge in [0, 0.05) is 17.8 Å². The standard InChI is InChI=1S/C17H18ClN3O/c1-2-21(15-6-4-3-5-7-15)17(22)13-8-10-14(11-9-13)20-16(19)12-18/h3-11H,2,12H2,1H3,(H2,19,20). The molecule has 1 amide bonds. The molecule has 0 atom stereocenters. The summed E-state index contributed by atoms with van der Waals surface area (Å²) in [5.41, 5.74) is 7.75. The molecule has 4 nitrogen and oxygen atoms in total. The summed E-state index contributed by atoms with van der Waals surface area (Å²) in [4.78, 5) is 18.5. The first kappa shape index (κ1) is 16.0. The summed E-state index contributed by atoms with van der Waals surface area (Å²) < 4.78 is 0. The lowest BCUT2D eigenvalue weighted by atomic mass is 10.1. The first-order chi connectivity index (χ1) is 10.7. The summed E-state index contributed by atoms with van der Waals surface area (Å²) in [6, 6.07) is 16.6. The maximum absolute atomic E-state index is 12.6.